The van der Waals surface area contributed by atoms with Crippen LogP contribution in [-0.2, 0) is 4.74 Å². The first kappa shape index (κ1) is 20.0. The summed E-state index contributed by atoms with van der Waals surface area (Å²) in [4.78, 5) is 16.7. The van der Waals surface area contributed by atoms with Crippen molar-refractivity contribution < 1.29 is 14.6 Å². The number of aryl methyl sites for hydroxylation is 2. The second-order valence-electron chi connectivity index (χ2n) is 7.25. The molecule has 6 heteroatoms. The molecule has 0 aromatic heterocycles. The lowest BCUT2D eigenvalue weighted by Gasteiger charge is -2.37. The minimum absolute atomic E-state index is 0.0289. The molecule has 0 aliphatic carbocycles. The fraction of sp³-hybridized carbons (Fsp3) is 0.409. The first-order valence-corrected chi connectivity index (χ1v) is 9.79. The van der Waals surface area contributed by atoms with Crippen molar-refractivity contribution in [3.8, 4) is 5.75 Å². The van der Waals surface area contributed by atoms with Gasteiger partial charge in [0.05, 0.1) is 12.3 Å². The van der Waals surface area contributed by atoms with Crippen LogP contribution in [0.15, 0.2) is 42.5 Å². The van der Waals surface area contributed by atoms with Gasteiger partial charge in [-0.1, -0.05) is 24.3 Å². The van der Waals surface area contributed by atoms with Gasteiger partial charge in [-0.25, -0.2) is 4.79 Å². The number of carbonyl (C=O) groups is 1. The van der Waals surface area contributed by atoms with Crippen LogP contribution in [0.4, 0.5) is 16.2 Å². The molecule has 0 spiro atoms. The average Bonchev–Trinajstić information content (AvgIpc) is 2.69. The number of anilines is 2. The van der Waals surface area contributed by atoms with Gasteiger partial charge in [0, 0.05) is 38.4 Å². The van der Waals surface area contributed by atoms with Crippen molar-refractivity contribution in [1.82, 2.24) is 4.90 Å². The summed E-state index contributed by atoms with van der Waals surface area (Å²) in [6.45, 7) is 9.61. The number of para-hydroxylation sites is 2. The maximum atomic E-state index is 11.8. The van der Waals surface area contributed by atoms with Gasteiger partial charge in [0.1, 0.15) is 5.75 Å². The van der Waals surface area contributed by atoms with E-state index in [1.165, 1.54) is 22.9 Å². The van der Waals surface area contributed by atoms with E-state index < -0.39 is 6.09 Å². The standard InChI is InChI=1S/C22H29N3O3/c1-17-8-9-18(2)20(16-17)25-13-11-24(12-14-25)10-5-15-28-22(27)23-19-6-3-4-7-21(19)26/h3-4,6-9,16,26H,5,10-15H2,1-2H3,(H,23,27). The van der Waals surface area contributed by atoms with Crippen molar-refractivity contribution in [2.45, 2.75) is 20.3 Å². The number of ether oxygens (including phenoxy) is 1. The SMILES string of the molecule is Cc1ccc(C)c(N2CCN(CCCOC(=O)Nc3ccccc3O)CC2)c1. The quantitative estimate of drug-likeness (QED) is 0.587. The highest BCUT2D eigenvalue weighted by atomic mass is 16.5. The lowest BCUT2D eigenvalue weighted by atomic mass is 10.1. The van der Waals surface area contributed by atoms with Crippen LogP contribution in [0, 0.1) is 13.8 Å². The number of phenols is 1. The first-order chi connectivity index (χ1) is 13.5. The number of aromatic hydroxyl groups is 1. The van der Waals surface area contributed by atoms with E-state index in [-0.39, 0.29) is 5.75 Å². The maximum absolute atomic E-state index is 11.8. The Bertz CT molecular complexity index is 801. The summed E-state index contributed by atoms with van der Waals surface area (Å²) in [7, 11) is 0. The molecule has 2 aromatic carbocycles. The third-order valence-electron chi connectivity index (χ3n) is 5.07. The number of benzene rings is 2. The predicted molar refractivity (Wildman–Crippen MR) is 112 cm³/mol. The highest BCUT2D eigenvalue weighted by Crippen LogP contribution is 2.23. The second kappa shape index (κ2) is 9.46. The Morgan fingerprint density at radius 1 is 1.11 bits per heavy atom. The largest absolute Gasteiger partial charge is 0.506 e. The second-order valence-corrected chi connectivity index (χ2v) is 7.25. The number of amides is 1. The van der Waals surface area contributed by atoms with Crippen molar-refractivity contribution in [3.05, 3.63) is 53.6 Å². The first-order valence-electron chi connectivity index (χ1n) is 9.79. The van der Waals surface area contributed by atoms with Crippen LogP contribution in [0.2, 0.25) is 0 Å². The summed E-state index contributed by atoms with van der Waals surface area (Å²) in [5.74, 6) is 0.0289. The van der Waals surface area contributed by atoms with Crippen molar-refractivity contribution in [2.75, 3.05) is 49.5 Å². The normalized spacial score (nSPS) is 14.7. The molecule has 6 nitrogen and oxygen atoms in total. The molecule has 2 aromatic rings. The molecule has 1 heterocycles. The summed E-state index contributed by atoms with van der Waals surface area (Å²) < 4.78 is 5.21. The Morgan fingerprint density at radius 3 is 2.61 bits per heavy atom. The number of piperazine rings is 1. The molecule has 2 N–H and O–H groups in total. The van der Waals surface area contributed by atoms with Gasteiger partial charge >= 0.3 is 6.09 Å². The van der Waals surface area contributed by atoms with Crippen LogP contribution in [-0.4, -0.2) is 55.4 Å². The predicted octanol–water partition coefficient (Wildman–Crippen LogP) is 3.77. The van der Waals surface area contributed by atoms with E-state index in [9.17, 15) is 9.90 Å². The zero-order valence-corrected chi connectivity index (χ0v) is 16.6. The minimum Gasteiger partial charge on any atom is -0.506 e. The molecule has 1 saturated heterocycles. The number of hydrogen-bond acceptors (Lipinski definition) is 5. The highest BCUT2D eigenvalue weighted by molar-refractivity contribution is 5.86. The number of phenolic OH excluding ortho intramolecular Hbond substituents is 1. The molecule has 0 radical (unpaired) electrons. The minimum atomic E-state index is -0.541. The van der Waals surface area contributed by atoms with E-state index in [4.69, 9.17) is 4.74 Å². The van der Waals surface area contributed by atoms with Gasteiger partial charge < -0.3 is 14.7 Å². The van der Waals surface area contributed by atoms with E-state index in [0.717, 1.165) is 39.1 Å². The van der Waals surface area contributed by atoms with Gasteiger partial charge in [0.25, 0.3) is 0 Å². The lowest BCUT2D eigenvalue weighted by molar-refractivity contribution is 0.151. The number of nitrogens with zero attached hydrogens (tertiary/aromatic N) is 2. The van der Waals surface area contributed by atoms with Crippen molar-refractivity contribution >= 4 is 17.5 Å². The van der Waals surface area contributed by atoms with Crippen molar-refractivity contribution in [3.63, 3.8) is 0 Å². The molecule has 28 heavy (non-hydrogen) atoms. The molecule has 0 unspecified atom stereocenters. The monoisotopic (exact) mass is 383 g/mol. The molecule has 1 aliphatic heterocycles. The van der Waals surface area contributed by atoms with E-state index in [0.29, 0.717) is 12.3 Å². The number of rotatable bonds is 6. The van der Waals surface area contributed by atoms with E-state index >= 15 is 0 Å². The molecule has 1 fully saturated rings. The third kappa shape index (κ3) is 5.39. The van der Waals surface area contributed by atoms with Gasteiger partial charge in [0.2, 0.25) is 0 Å². The molecule has 0 bridgehead atoms. The van der Waals surface area contributed by atoms with Crippen LogP contribution >= 0.6 is 0 Å². The molecule has 1 amide bonds. The zero-order valence-electron chi connectivity index (χ0n) is 16.6. The van der Waals surface area contributed by atoms with Crippen LogP contribution in [0.5, 0.6) is 5.75 Å². The van der Waals surface area contributed by atoms with Crippen molar-refractivity contribution in [2.24, 2.45) is 0 Å². The molecule has 0 atom stereocenters. The molecular weight excluding hydrogens is 354 g/mol. The molecule has 3 rings (SSSR count). The number of nitrogens with one attached hydrogen (secondary N) is 1. The third-order valence-corrected chi connectivity index (χ3v) is 5.07. The van der Waals surface area contributed by atoms with Gasteiger partial charge in [-0.15, -0.1) is 0 Å². The summed E-state index contributed by atoms with van der Waals surface area (Å²) in [6, 6.07) is 13.2. The molecule has 0 saturated carbocycles. The van der Waals surface area contributed by atoms with E-state index in [1.54, 1.807) is 18.2 Å². The maximum Gasteiger partial charge on any atom is 0.411 e. The van der Waals surface area contributed by atoms with Crippen LogP contribution in [0.1, 0.15) is 17.5 Å². The summed E-state index contributed by atoms with van der Waals surface area (Å²) >= 11 is 0. The summed E-state index contributed by atoms with van der Waals surface area (Å²) in [5.41, 5.74) is 4.31. The molecular formula is C22H29N3O3. The highest BCUT2D eigenvalue weighted by Gasteiger charge is 2.18. The molecule has 150 valence electrons. The Balaban J connectivity index is 1.35. The van der Waals surface area contributed by atoms with Crippen molar-refractivity contribution in [1.29, 1.82) is 0 Å². The fourth-order valence-electron chi connectivity index (χ4n) is 3.45. The molecule has 1 aliphatic rings. The Hall–Kier alpha value is -2.73. The smallest absolute Gasteiger partial charge is 0.411 e. The fourth-order valence-corrected chi connectivity index (χ4v) is 3.45. The van der Waals surface area contributed by atoms with E-state index in [1.807, 2.05) is 0 Å². The lowest BCUT2D eigenvalue weighted by Crippen LogP contribution is -2.47. The topological polar surface area (TPSA) is 65.0 Å². The van der Waals surface area contributed by atoms with E-state index in [2.05, 4.69) is 47.2 Å². The van der Waals surface area contributed by atoms with Gasteiger partial charge in [-0.3, -0.25) is 10.2 Å². The zero-order chi connectivity index (χ0) is 19.9. The number of hydrogen-bond donors (Lipinski definition) is 2. The Morgan fingerprint density at radius 2 is 1.86 bits per heavy atom. The Kier molecular flexibility index (Phi) is 6.76. The number of carbonyl (C=O) groups excluding carboxylic acids is 1. The van der Waals surface area contributed by atoms with Gasteiger partial charge in [-0.05, 0) is 49.6 Å². The van der Waals surface area contributed by atoms with Crippen LogP contribution < -0.4 is 10.2 Å². The van der Waals surface area contributed by atoms with Crippen LogP contribution in [0.3, 0.4) is 0 Å². The Labute approximate surface area is 166 Å². The summed E-state index contributed by atoms with van der Waals surface area (Å²) in [5, 5.41) is 12.2. The van der Waals surface area contributed by atoms with Gasteiger partial charge in [0.15, 0.2) is 0 Å². The summed E-state index contributed by atoms with van der Waals surface area (Å²) in [6.07, 6.45) is 0.249. The van der Waals surface area contributed by atoms with Crippen LogP contribution in [0.25, 0.3) is 0 Å². The average molecular weight is 383 g/mol. The van der Waals surface area contributed by atoms with Gasteiger partial charge in [-0.2, -0.15) is 0 Å².